The fourth-order valence-electron chi connectivity index (χ4n) is 1.96. The van der Waals surface area contributed by atoms with Gasteiger partial charge in [0.25, 0.3) is 0 Å². The van der Waals surface area contributed by atoms with Gasteiger partial charge in [-0.25, -0.2) is 0 Å². The van der Waals surface area contributed by atoms with Crippen molar-refractivity contribution in [2.24, 2.45) is 11.3 Å². The van der Waals surface area contributed by atoms with Gasteiger partial charge in [-0.15, -0.1) is 0 Å². The maximum absolute atomic E-state index is 3.58. The summed E-state index contributed by atoms with van der Waals surface area (Å²) in [7, 11) is 0. The Balaban J connectivity index is 2.12. The minimum atomic E-state index is 0.689. The quantitative estimate of drug-likeness (QED) is 0.667. The third-order valence-electron chi connectivity index (χ3n) is 3.22. The van der Waals surface area contributed by atoms with Gasteiger partial charge in [-0.3, -0.25) is 0 Å². The van der Waals surface area contributed by atoms with Crippen LogP contribution in [0, 0.1) is 11.3 Å². The van der Waals surface area contributed by atoms with E-state index in [0.29, 0.717) is 5.41 Å². The van der Waals surface area contributed by atoms with Crippen LogP contribution in [0.3, 0.4) is 0 Å². The average molecular weight is 169 g/mol. The predicted octanol–water partition coefficient (Wildman–Crippen LogP) is 2.81. The normalized spacial score (nSPS) is 21.0. The van der Waals surface area contributed by atoms with Gasteiger partial charge in [0.2, 0.25) is 0 Å². The molecule has 12 heavy (non-hydrogen) atoms. The molecule has 0 aromatic carbocycles. The summed E-state index contributed by atoms with van der Waals surface area (Å²) in [5.41, 5.74) is 0.689. The molecular weight excluding hydrogens is 146 g/mol. The Hall–Kier alpha value is -0.0400. The Labute approximate surface area is 76.9 Å². The Morgan fingerprint density at radius 1 is 1.33 bits per heavy atom. The first-order valence-corrected chi connectivity index (χ1v) is 5.39. The van der Waals surface area contributed by atoms with Gasteiger partial charge in [0.15, 0.2) is 0 Å². The second-order valence-electron chi connectivity index (χ2n) is 4.73. The van der Waals surface area contributed by atoms with Crippen molar-refractivity contribution in [2.75, 3.05) is 13.1 Å². The second-order valence-corrected chi connectivity index (χ2v) is 4.73. The lowest BCUT2D eigenvalue weighted by molar-refractivity contribution is 0.123. The lowest BCUT2D eigenvalue weighted by Crippen LogP contribution is -2.40. The molecule has 1 saturated carbocycles. The van der Waals surface area contributed by atoms with Crippen molar-refractivity contribution in [3.8, 4) is 0 Å². The molecule has 0 radical (unpaired) electrons. The highest BCUT2D eigenvalue weighted by Crippen LogP contribution is 2.42. The molecule has 72 valence electrons. The minimum Gasteiger partial charge on any atom is -0.316 e. The zero-order valence-electron chi connectivity index (χ0n) is 8.82. The van der Waals surface area contributed by atoms with Crippen LogP contribution >= 0.6 is 0 Å². The van der Waals surface area contributed by atoms with Crippen LogP contribution in [0.2, 0.25) is 0 Å². The van der Waals surface area contributed by atoms with Gasteiger partial charge in [-0.05, 0) is 37.1 Å². The van der Waals surface area contributed by atoms with E-state index < -0.39 is 0 Å². The monoisotopic (exact) mass is 169 g/mol. The summed E-state index contributed by atoms with van der Waals surface area (Å²) >= 11 is 0. The molecule has 1 aliphatic carbocycles. The molecule has 0 atom stereocenters. The summed E-state index contributed by atoms with van der Waals surface area (Å²) in [5, 5.41) is 3.58. The molecule has 0 aromatic rings. The number of hydrogen-bond acceptors (Lipinski definition) is 1. The highest BCUT2D eigenvalue weighted by Gasteiger charge is 2.34. The van der Waals surface area contributed by atoms with Gasteiger partial charge >= 0.3 is 0 Å². The molecule has 1 fully saturated rings. The highest BCUT2D eigenvalue weighted by molar-refractivity contribution is 4.88. The Bertz CT molecular complexity index is 119. The smallest absolute Gasteiger partial charge is 0.000781 e. The van der Waals surface area contributed by atoms with E-state index in [4.69, 9.17) is 0 Å². The second kappa shape index (κ2) is 4.27. The standard InChI is InChI=1S/C11H23N/c1-4-11(6-5-7-11)9-12-8-10(2)3/h10,12H,4-9H2,1-3H3. The van der Waals surface area contributed by atoms with Crippen molar-refractivity contribution in [3.05, 3.63) is 0 Å². The van der Waals surface area contributed by atoms with E-state index in [-0.39, 0.29) is 0 Å². The van der Waals surface area contributed by atoms with Crippen LogP contribution < -0.4 is 5.32 Å². The van der Waals surface area contributed by atoms with Crippen molar-refractivity contribution in [3.63, 3.8) is 0 Å². The molecule has 0 amide bonds. The van der Waals surface area contributed by atoms with Gasteiger partial charge in [-0.1, -0.05) is 27.2 Å². The fourth-order valence-corrected chi connectivity index (χ4v) is 1.96. The molecule has 1 heteroatoms. The summed E-state index contributed by atoms with van der Waals surface area (Å²) in [6.07, 6.45) is 5.72. The van der Waals surface area contributed by atoms with E-state index in [9.17, 15) is 0 Å². The van der Waals surface area contributed by atoms with E-state index >= 15 is 0 Å². The summed E-state index contributed by atoms with van der Waals surface area (Å²) in [5.74, 6) is 0.791. The Kier molecular flexibility index (Phi) is 3.57. The van der Waals surface area contributed by atoms with Crippen molar-refractivity contribution in [1.29, 1.82) is 0 Å². The summed E-state index contributed by atoms with van der Waals surface area (Å²) < 4.78 is 0. The first-order chi connectivity index (χ1) is 5.68. The predicted molar refractivity (Wildman–Crippen MR) is 54.3 cm³/mol. The van der Waals surface area contributed by atoms with Gasteiger partial charge in [0.1, 0.15) is 0 Å². The van der Waals surface area contributed by atoms with E-state index in [1.165, 1.54) is 38.8 Å². The molecule has 0 aliphatic heterocycles. The van der Waals surface area contributed by atoms with E-state index in [1.54, 1.807) is 0 Å². The maximum atomic E-state index is 3.58. The summed E-state index contributed by atoms with van der Waals surface area (Å²) in [4.78, 5) is 0. The van der Waals surface area contributed by atoms with Crippen LogP contribution in [0.5, 0.6) is 0 Å². The van der Waals surface area contributed by atoms with E-state index in [2.05, 4.69) is 26.1 Å². The number of rotatable bonds is 5. The SMILES string of the molecule is CCC1(CNCC(C)C)CCC1. The molecular formula is C11H23N. The van der Waals surface area contributed by atoms with Gasteiger partial charge in [-0.2, -0.15) is 0 Å². The molecule has 0 saturated heterocycles. The van der Waals surface area contributed by atoms with E-state index in [1.807, 2.05) is 0 Å². The number of nitrogens with one attached hydrogen (secondary N) is 1. The molecule has 1 aliphatic rings. The molecule has 0 unspecified atom stereocenters. The molecule has 0 aromatic heterocycles. The Morgan fingerprint density at radius 3 is 2.33 bits per heavy atom. The molecule has 0 spiro atoms. The van der Waals surface area contributed by atoms with Crippen LogP contribution in [0.25, 0.3) is 0 Å². The van der Waals surface area contributed by atoms with Crippen molar-refractivity contribution >= 4 is 0 Å². The lowest BCUT2D eigenvalue weighted by Gasteiger charge is -2.41. The first-order valence-electron chi connectivity index (χ1n) is 5.39. The van der Waals surface area contributed by atoms with Gasteiger partial charge in [0, 0.05) is 6.54 Å². The van der Waals surface area contributed by atoms with Gasteiger partial charge < -0.3 is 5.32 Å². The van der Waals surface area contributed by atoms with Crippen LogP contribution in [-0.2, 0) is 0 Å². The Morgan fingerprint density at radius 2 is 2.00 bits per heavy atom. The minimum absolute atomic E-state index is 0.689. The molecule has 1 rings (SSSR count). The molecule has 0 heterocycles. The highest BCUT2D eigenvalue weighted by atomic mass is 14.9. The topological polar surface area (TPSA) is 12.0 Å². The van der Waals surface area contributed by atoms with Crippen LogP contribution in [0.15, 0.2) is 0 Å². The largest absolute Gasteiger partial charge is 0.316 e. The lowest BCUT2D eigenvalue weighted by atomic mass is 9.67. The van der Waals surface area contributed by atoms with E-state index in [0.717, 1.165) is 5.92 Å². The summed E-state index contributed by atoms with van der Waals surface area (Å²) in [6.45, 7) is 9.30. The molecule has 1 N–H and O–H groups in total. The van der Waals surface area contributed by atoms with Crippen LogP contribution in [-0.4, -0.2) is 13.1 Å². The molecule has 0 bridgehead atoms. The van der Waals surface area contributed by atoms with Crippen molar-refractivity contribution in [1.82, 2.24) is 5.32 Å². The zero-order valence-corrected chi connectivity index (χ0v) is 8.82. The third-order valence-corrected chi connectivity index (χ3v) is 3.22. The van der Waals surface area contributed by atoms with Gasteiger partial charge in [0.05, 0.1) is 0 Å². The molecule has 1 nitrogen and oxygen atoms in total. The maximum Gasteiger partial charge on any atom is 0.000781 e. The van der Waals surface area contributed by atoms with Crippen LogP contribution in [0.1, 0.15) is 46.5 Å². The fraction of sp³-hybridized carbons (Fsp3) is 1.00. The van der Waals surface area contributed by atoms with Crippen LogP contribution in [0.4, 0.5) is 0 Å². The third kappa shape index (κ3) is 2.48. The first kappa shape index (κ1) is 10.0. The summed E-state index contributed by atoms with van der Waals surface area (Å²) in [6, 6.07) is 0. The van der Waals surface area contributed by atoms with Crippen molar-refractivity contribution < 1.29 is 0 Å². The average Bonchev–Trinajstić information content (AvgIpc) is 1.94. The zero-order chi connectivity index (χ0) is 9.03. The van der Waals surface area contributed by atoms with Crippen molar-refractivity contribution in [2.45, 2.75) is 46.5 Å². The number of hydrogen-bond donors (Lipinski definition) is 1.